The maximum Gasteiger partial charge on any atom is 0.275 e. The number of nitrogens with zero attached hydrogens (tertiary/aromatic N) is 3. The standard InChI is InChI=1S/C19H17ClN6O4/c20-12-3-1-11(2-4-12)8-22-19(28)17-18(21)26(25-24-17)9-16(27)23-13-5-6-14-15(7-13)30-10-29-14/h1-7H,8-10,21H2,(H,22,28)(H,23,27). The highest BCUT2D eigenvalue weighted by Gasteiger charge is 2.19. The Kier molecular flexibility index (Phi) is 5.40. The van der Waals surface area contributed by atoms with E-state index in [0.717, 1.165) is 10.2 Å². The van der Waals surface area contributed by atoms with Crippen molar-refractivity contribution in [1.29, 1.82) is 0 Å². The van der Waals surface area contributed by atoms with Gasteiger partial charge in [0.25, 0.3) is 5.91 Å². The molecule has 0 fully saturated rings. The third-order valence-corrected chi connectivity index (χ3v) is 4.56. The molecular weight excluding hydrogens is 412 g/mol. The molecule has 0 saturated carbocycles. The molecule has 2 heterocycles. The van der Waals surface area contributed by atoms with Gasteiger partial charge in [0.05, 0.1) is 0 Å². The van der Waals surface area contributed by atoms with Gasteiger partial charge in [-0.15, -0.1) is 5.10 Å². The van der Waals surface area contributed by atoms with Gasteiger partial charge < -0.3 is 25.8 Å². The first-order valence-electron chi connectivity index (χ1n) is 8.91. The second kappa shape index (κ2) is 8.29. The van der Waals surface area contributed by atoms with Crippen LogP contribution in [0.25, 0.3) is 0 Å². The number of halogens is 1. The largest absolute Gasteiger partial charge is 0.454 e. The molecule has 0 saturated heterocycles. The number of rotatable bonds is 6. The van der Waals surface area contributed by atoms with E-state index in [4.69, 9.17) is 26.8 Å². The van der Waals surface area contributed by atoms with E-state index in [9.17, 15) is 9.59 Å². The summed E-state index contributed by atoms with van der Waals surface area (Å²) in [5.74, 6) is 0.267. The van der Waals surface area contributed by atoms with Gasteiger partial charge in [-0.1, -0.05) is 28.9 Å². The number of hydrogen-bond acceptors (Lipinski definition) is 7. The van der Waals surface area contributed by atoms with Crippen LogP contribution in [0, 0.1) is 0 Å². The van der Waals surface area contributed by atoms with E-state index in [0.29, 0.717) is 22.2 Å². The lowest BCUT2D eigenvalue weighted by molar-refractivity contribution is -0.116. The van der Waals surface area contributed by atoms with Crippen LogP contribution in [0.3, 0.4) is 0 Å². The Labute approximate surface area is 175 Å². The fourth-order valence-corrected chi connectivity index (χ4v) is 2.90. The quantitative estimate of drug-likeness (QED) is 0.545. The number of carbonyl (C=O) groups excluding carboxylic acids is 2. The molecule has 4 N–H and O–H groups in total. The molecule has 0 unspecified atom stereocenters. The second-order valence-electron chi connectivity index (χ2n) is 6.41. The summed E-state index contributed by atoms with van der Waals surface area (Å²) in [6.45, 7) is 0.204. The van der Waals surface area contributed by atoms with E-state index >= 15 is 0 Å². The average Bonchev–Trinajstić information content (AvgIpc) is 3.34. The first kappa shape index (κ1) is 19.5. The number of anilines is 2. The minimum atomic E-state index is -0.495. The van der Waals surface area contributed by atoms with Gasteiger partial charge in [-0.25, -0.2) is 4.68 Å². The Morgan fingerprint density at radius 3 is 2.70 bits per heavy atom. The van der Waals surface area contributed by atoms with E-state index in [-0.39, 0.29) is 31.4 Å². The lowest BCUT2D eigenvalue weighted by Crippen LogP contribution is -2.25. The van der Waals surface area contributed by atoms with Crippen molar-refractivity contribution in [2.75, 3.05) is 17.8 Å². The van der Waals surface area contributed by atoms with Gasteiger partial charge in [0.2, 0.25) is 12.7 Å². The molecule has 154 valence electrons. The van der Waals surface area contributed by atoms with Crippen LogP contribution >= 0.6 is 11.6 Å². The maximum atomic E-state index is 12.3. The van der Waals surface area contributed by atoms with E-state index < -0.39 is 11.8 Å². The van der Waals surface area contributed by atoms with Crippen LogP contribution in [0.2, 0.25) is 5.02 Å². The Morgan fingerprint density at radius 1 is 1.13 bits per heavy atom. The SMILES string of the molecule is Nc1c(C(=O)NCc2ccc(Cl)cc2)nnn1CC(=O)Nc1ccc2c(c1)OCO2. The van der Waals surface area contributed by atoms with Crippen molar-refractivity contribution in [3.8, 4) is 11.5 Å². The first-order valence-corrected chi connectivity index (χ1v) is 9.28. The van der Waals surface area contributed by atoms with Crippen LogP contribution in [-0.4, -0.2) is 33.6 Å². The molecule has 30 heavy (non-hydrogen) atoms. The number of nitrogen functional groups attached to an aromatic ring is 1. The Hall–Kier alpha value is -3.79. The van der Waals surface area contributed by atoms with Crippen LogP contribution in [-0.2, 0) is 17.9 Å². The molecule has 3 aromatic rings. The smallest absolute Gasteiger partial charge is 0.275 e. The molecule has 0 radical (unpaired) electrons. The van der Waals surface area contributed by atoms with Gasteiger partial charge in [0, 0.05) is 23.3 Å². The average molecular weight is 429 g/mol. The van der Waals surface area contributed by atoms with Crippen LogP contribution in [0.1, 0.15) is 16.1 Å². The molecule has 2 amide bonds. The van der Waals surface area contributed by atoms with Crippen molar-refractivity contribution in [1.82, 2.24) is 20.3 Å². The monoisotopic (exact) mass is 428 g/mol. The summed E-state index contributed by atoms with van der Waals surface area (Å²) in [5, 5.41) is 13.6. The van der Waals surface area contributed by atoms with E-state index in [1.165, 1.54) is 0 Å². The number of ether oxygens (including phenoxy) is 2. The zero-order valence-electron chi connectivity index (χ0n) is 15.6. The third-order valence-electron chi connectivity index (χ3n) is 4.30. The molecule has 10 nitrogen and oxygen atoms in total. The highest BCUT2D eigenvalue weighted by molar-refractivity contribution is 6.30. The Balaban J connectivity index is 1.35. The Morgan fingerprint density at radius 2 is 1.90 bits per heavy atom. The second-order valence-corrected chi connectivity index (χ2v) is 6.84. The summed E-state index contributed by atoms with van der Waals surface area (Å²) in [5.41, 5.74) is 7.29. The molecule has 1 aromatic heterocycles. The van der Waals surface area contributed by atoms with Crippen LogP contribution < -0.4 is 25.8 Å². The van der Waals surface area contributed by atoms with Gasteiger partial charge in [0.15, 0.2) is 23.0 Å². The fourth-order valence-electron chi connectivity index (χ4n) is 2.78. The van der Waals surface area contributed by atoms with Crippen molar-refractivity contribution in [2.45, 2.75) is 13.1 Å². The predicted molar refractivity (Wildman–Crippen MR) is 108 cm³/mol. The maximum absolute atomic E-state index is 12.3. The molecule has 4 rings (SSSR count). The molecule has 0 spiro atoms. The minimum Gasteiger partial charge on any atom is -0.454 e. The summed E-state index contributed by atoms with van der Waals surface area (Å²) >= 11 is 5.84. The highest BCUT2D eigenvalue weighted by atomic mass is 35.5. The summed E-state index contributed by atoms with van der Waals surface area (Å²) in [7, 11) is 0. The van der Waals surface area contributed by atoms with E-state index in [1.807, 2.05) is 0 Å². The summed E-state index contributed by atoms with van der Waals surface area (Å²) in [6, 6.07) is 12.1. The topological polar surface area (TPSA) is 133 Å². The van der Waals surface area contributed by atoms with Crippen LogP contribution in [0.5, 0.6) is 11.5 Å². The zero-order valence-corrected chi connectivity index (χ0v) is 16.3. The number of benzene rings is 2. The van der Waals surface area contributed by atoms with Gasteiger partial charge in [0.1, 0.15) is 6.54 Å². The molecule has 2 aromatic carbocycles. The Bertz CT molecular complexity index is 1100. The molecule has 11 heteroatoms. The van der Waals surface area contributed by atoms with E-state index in [1.54, 1.807) is 42.5 Å². The summed E-state index contributed by atoms with van der Waals surface area (Å²) < 4.78 is 11.7. The van der Waals surface area contributed by atoms with E-state index in [2.05, 4.69) is 20.9 Å². The van der Waals surface area contributed by atoms with Crippen molar-refractivity contribution in [2.24, 2.45) is 0 Å². The van der Waals surface area contributed by atoms with Crippen molar-refractivity contribution >= 4 is 34.9 Å². The zero-order chi connectivity index (χ0) is 21.1. The van der Waals surface area contributed by atoms with Gasteiger partial charge in [-0.2, -0.15) is 0 Å². The minimum absolute atomic E-state index is 0.00978. The summed E-state index contributed by atoms with van der Waals surface area (Å²) in [4.78, 5) is 24.7. The van der Waals surface area contributed by atoms with Crippen LogP contribution in [0.15, 0.2) is 42.5 Å². The number of amides is 2. The third kappa shape index (κ3) is 4.28. The van der Waals surface area contributed by atoms with Gasteiger partial charge in [-0.3, -0.25) is 9.59 Å². The number of nitrogens with two attached hydrogens (primary N) is 1. The predicted octanol–water partition coefficient (Wildman–Crippen LogP) is 1.81. The van der Waals surface area contributed by atoms with Crippen molar-refractivity contribution in [3.63, 3.8) is 0 Å². The van der Waals surface area contributed by atoms with Crippen LogP contribution in [0.4, 0.5) is 11.5 Å². The van der Waals surface area contributed by atoms with Crippen molar-refractivity contribution in [3.05, 3.63) is 58.7 Å². The number of hydrogen-bond donors (Lipinski definition) is 3. The molecule has 1 aliphatic heterocycles. The first-order chi connectivity index (χ1) is 14.5. The molecule has 0 aliphatic carbocycles. The summed E-state index contributed by atoms with van der Waals surface area (Å²) in [6.07, 6.45) is 0. The van der Waals surface area contributed by atoms with Crippen molar-refractivity contribution < 1.29 is 19.1 Å². The molecule has 0 atom stereocenters. The number of carbonyl (C=O) groups is 2. The lowest BCUT2D eigenvalue weighted by Gasteiger charge is -2.07. The fraction of sp³-hybridized carbons (Fsp3) is 0.158. The highest BCUT2D eigenvalue weighted by Crippen LogP contribution is 2.34. The van der Waals surface area contributed by atoms with Gasteiger partial charge in [-0.05, 0) is 29.8 Å². The van der Waals surface area contributed by atoms with Gasteiger partial charge >= 0.3 is 0 Å². The lowest BCUT2D eigenvalue weighted by atomic mass is 10.2. The number of aromatic nitrogens is 3. The normalized spacial score (nSPS) is 11.9. The molecular formula is C19H17ClN6O4. The number of fused-ring (bicyclic) bond motifs is 1. The molecule has 0 bridgehead atoms. The number of nitrogens with one attached hydrogen (secondary N) is 2. The molecule has 1 aliphatic rings.